The Morgan fingerprint density at radius 2 is 2.00 bits per heavy atom. The highest BCUT2D eigenvalue weighted by Crippen LogP contribution is 2.29. The summed E-state index contributed by atoms with van der Waals surface area (Å²) >= 11 is 11.9. The molecule has 1 atom stereocenters. The van der Waals surface area contributed by atoms with Gasteiger partial charge >= 0.3 is 0 Å². The Balaban J connectivity index is 2.15. The average molecular weight is 367 g/mol. The normalized spacial score (nSPS) is 11.9. The molecule has 0 saturated carbocycles. The third-order valence-corrected chi connectivity index (χ3v) is 4.17. The molecule has 1 unspecified atom stereocenters. The summed E-state index contributed by atoms with van der Waals surface area (Å²) in [7, 11) is 0. The number of anilines is 2. The van der Waals surface area contributed by atoms with E-state index in [1.807, 2.05) is 26.0 Å². The molecule has 2 rings (SSSR count). The fourth-order valence-corrected chi connectivity index (χ4v) is 2.84. The fourth-order valence-electron chi connectivity index (χ4n) is 2.39. The number of amides is 1. The molecule has 1 amide bonds. The van der Waals surface area contributed by atoms with Crippen LogP contribution in [0.4, 0.5) is 11.4 Å². The second kappa shape index (κ2) is 7.77. The van der Waals surface area contributed by atoms with E-state index < -0.39 is 6.10 Å². The number of carbonyl (C=O) groups excluding carboxylic acids is 1. The summed E-state index contributed by atoms with van der Waals surface area (Å²) in [5.74, 6) is 0.150. The Hall–Kier alpha value is -1.91. The highest BCUT2D eigenvalue weighted by Gasteiger charge is 2.18. The standard InChI is InChI=1S/C18H20Cl2N2O2/c1-4-12-8-14(21)7-10(2)17(12)22-18(23)11(3)24-16-6-5-13(19)9-15(16)20/h5-9,11H,4,21H2,1-3H3,(H,22,23). The molecule has 2 aromatic rings. The third kappa shape index (κ3) is 4.34. The van der Waals surface area contributed by atoms with Crippen LogP contribution in [-0.2, 0) is 11.2 Å². The van der Waals surface area contributed by atoms with Gasteiger partial charge in [0.1, 0.15) is 5.75 Å². The second-order valence-electron chi connectivity index (χ2n) is 5.55. The monoisotopic (exact) mass is 366 g/mol. The first-order valence-electron chi connectivity index (χ1n) is 7.63. The molecule has 0 saturated heterocycles. The molecule has 0 aromatic heterocycles. The number of ether oxygens (including phenoxy) is 1. The van der Waals surface area contributed by atoms with Crippen molar-refractivity contribution in [1.82, 2.24) is 0 Å². The SMILES string of the molecule is CCc1cc(N)cc(C)c1NC(=O)C(C)Oc1ccc(Cl)cc1Cl. The maximum atomic E-state index is 12.5. The average Bonchev–Trinajstić information content (AvgIpc) is 2.52. The Morgan fingerprint density at radius 1 is 1.29 bits per heavy atom. The van der Waals surface area contributed by atoms with E-state index >= 15 is 0 Å². The summed E-state index contributed by atoms with van der Waals surface area (Å²) in [5, 5.41) is 3.79. The highest BCUT2D eigenvalue weighted by atomic mass is 35.5. The van der Waals surface area contributed by atoms with Crippen molar-refractivity contribution in [2.24, 2.45) is 0 Å². The number of halogens is 2. The zero-order valence-electron chi connectivity index (χ0n) is 13.8. The van der Waals surface area contributed by atoms with Gasteiger partial charge in [-0.05, 0) is 61.7 Å². The first-order chi connectivity index (χ1) is 11.3. The van der Waals surface area contributed by atoms with E-state index in [1.54, 1.807) is 25.1 Å². The Labute approximate surface area is 151 Å². The van der Waals surface area contributed by atoms with E-state index in [1.165, 1.54) is 0 Å². The summed E-state index contributed by atoms with van der Waals surface area (Å²) in [6.45, 7) is 5.59. The number of rotatable bonds is 5. The molecule has 0 fully saturated rings. The lowest BCUT2D eigenvalue weighted by molar-refractivity contribution is -0.122. The number of hydrogen-bond acceptors (Lipinski definition) is 3. The van der Waals surface area contributed by atoms with E-state index in [9.17, 15) is 4.79 Å². The van der Waals surface area contributed by atoms with Crippen molar-refractivity contribution in [3.63, 3.8) is 0 Å². The maximum absolute atomic E-state index is 12.5. The zero-order chi connectivity index (χ0) is 17.9. The smallest absolute Gasteiger partial charge is 0.265 e. The van der Waals surface area contributed by atoms with E-state index in [0.29, 0.717) is 21.5 Å². The quantitative estimate of drug-likeness (QED) is 0.743. The predicted molar refractivity (Wildman–Crippen MR) is 100 cm³/mol. The van der Waals surface area contributed by atoms with Crippen molar-refractivity contribution in [3.05, 3.63) is 51.5 Å². The van der Waals surface area contributed by atoms with Crippen molar-refractivity contribution in [3.8, 4) is 5.75 Å². The van der Waals surface area contributed by atoms with Crippen LogP contribution in [0.1, 0.15) is 25.0 Å². The van der Waals surface area contributed by atoms with Gasteiger partial charge in [-0.15, -0.1) is 0 Å². The minimum absolute atomic E-state index is 0.261. The number of nitrogen functional groups attached to an aromatic ring is 1. The van der Waals surface area contributed by atoms with Crippen LogP contribution in [0.5, 0.6) is 5.75 Å². The molecular formula is C18H20Cl2N2O2. The van der Waals surface area contributed by atoms with Crippen molar-refractivity contribution in [2.75, 3.05) is 11.1 Å². The molecule has 0 spiro atoms. The first-order valence-corrected chi connectivity index (χ1v) is 8.39. The van der Waals surface area contributed by atoms with Gasteiger partial charge in [-0.1, -0.05) is 30.1 Å². The molecule has 0 bridgehead atoms. The largest absolute Gasteiger partial charge is 0.479 e. The lowest BCUT2D eigenvalue weighted by Crippen LogP contribution is -2.31. The van der Waals surface area contributed by atoms with Crippen molar-refractivity contribution in [2.45, 2.75) is 33.3 Å². The second-order valence-corrected chi connectivity index (χ2v) is 6.39. The van der Waals surface area contributed by atoms with Gasteiger partial charge in [0.2, 0.25) is 0 Å². The molecule has 6 heteroatoms. The predicted octanol–water partition coefficient (Wildman–Crippen LogP) is 4.85. The van der Waals surface area contributed by atoms with E-state index in [2.05, 4.69) is 5.32 Å². The van der Waals surface area contributed by atoms with Crippen LogP contribution >= 0.6 is 23.2 Å². The Morgan fingerprint density at radius 3 is 2.62 bits per heavy atom. The lowest BCUT2D eigenvalue weighted by Gasteiger charge is -2.19. The van der Waals surface area contributed by atoms with E-state index in [4.69, 9.17) is 33.7 Å². The van der Waals surface area contributed by atoms with Crippen molar-refractivity contribution in [1.29, 1.82) is 0 Å². The van der Waals surface area contributed by atoms with Gasteiger partial charge in [-0.3, -0.25) is 4.79 Å². The summed E-state index contributed by atoms with van der Waals surface area (Å²) in [4.78, 5) is 12.5. The number of benzene rings is 2. The number of hydrogen-bond donors (Lipinski definition) is 2. The lowest BCUT2D eigenvalue weighted by atomic mass is 10.0. The Kier molecular flexibility index (Phi) is 5.97. The molecule has 3 N–H and O–H groups in total. The van der Waals surface area contributed by atoms with Crippen LogP contribution in [0, 0.1) is 6.92 Å². The van der Waals surface area contributed by atoms with Gasteiger partial charge in [0.25, 0.3) is 5.91 Å². The maximum Gasteiger partial charge on any atom is 0.265 e. The molecule has 0 aliphatic heterocycles. The fraction of sp³-hybridized carbons (Fsp3) is 0.278. The van der Waals surface area contributed by atoms with Crippen molar-refractivity contribution < 1.29 is 9.53 Å². The molecule has 2 aromatic carbocycles. The highest BCUT2D eigenvalue weighted by molar-refractivity contribution is 6.35. The minimum atomic E-state index is -0.717. The van der Waals surface area contributed by atoms with Crippen LogP contribution in [0.25, 0.3) is 0 Å². The Bertz CT molecular complexity index is 763. The van der Waals surface area contributed by atoms with Gasteiger partial charge in [0.15, 0.2) is 6.10 Å². The molecule has 0 aliphatic rings. The molecular weight excluding hydrogens is 347 g/mol. The van der Waals surface area contributed by atoms with Gasteiger partial charge in [0.05, 0.1) is 5.02 Å². The summed E-state index contributed by atoms with van der Waals surface area (Å²) < 4.78 is 5.64. The van der Waals surface area contributed by atoms with Crippen LogP contribution < -0.4 is 15.8 Å². The number of nitrogens with two attached hydrogens (primary N) is 1. The van der Waals surface area contributed by atoms with Gasteiger partial charge < -0.3 is 15.8 Å². The van der Waals surface area contributed by atoms with Crippen molar-refractivity contribution >= 4 is 40.5 Å². The molecule has 24 heavy (non-hydrogen) atoms. The molecule has 0 heterocycles. The van der Waals surface area contributed by atoms with Gasteiger partial charge in [-0.25, -0.2) is 0 Å². The summed E-state index contributed by atoms with van der Waals surface area (Å²) in [5.41, 5.74) is 9.21. The third-order valence-electron chi connectivity index (χ3n) is 3.64. The molecule has 4 nitrogen and oxygen atoms in total. The van der Waals surface area contributed by atoms with Crippen LogP contribution in [0.2, 0.25) is 10.0 Å². The molecule has 0 aliphatic carbocycles. The van der Waals surface area contributed by atoms with Crippen LogP contribution in [-0.4, -0.2) is 12.0 Å². The topological polar surface area (TPSA) is 64.3 Å². The number of nitrogens with one attached hydrogen (secondary N) is 1. The minimum Gasteiger partial charge on any atom is -0.479 e. The zero-order valence-corrected chi connectivity index (χ0v) is 15.3. The van der Waals surface area contributed by atoms with Crippen LogP contribution in [0.3, 0.4) is 0 Å². The van der Waals surface area contributed by atoms with E-state index in [0.717, 1.165) is 23.2 Å². The van der Waals surface area contributed by atoms with E-state index in [-0.39, 0.29) is 5.91 Å². The van der Waals surface area contributed by atoms with Crippen LogP contribution in [0.15, 0.2) is 30.3 Å². The first kappa shape index (κ1) is 18.4. The van der Waals surface area contributed by atoms with Gasteiger partial charge in [-0.2, -0.15) is 0 Å². The molecule has 0 radical (unpaired) electrons. The molecule has 128 valence electrons. The van der Waals surface area contributed by atoms with Gasteiger partial charge in [0, 0.05) is 16.4 Å². The number of carbonyl (C=O) groups is 1. The summed E-state index contributed by atoms with van der Waals surface area (Å²) in [6.07, 6.45) is 0.0464. The summed E-state index contributed by atoms with van der Waals surface area (Å²) in [6, 6.07) is 8.57. The number of aryl methyl sites for hydroxylation is 2.